The molecule has 2 aromatic heterocycles. The molecule has 0 saturated heterocycles. The Hall–Kier alpha value is -2.37. The highest BCUT2D eigenvalue weighted by molar-refractivity contribution is 5.91. The number of aromatic nitrogens is 4. The lowest BCUT2D eigenvalue weighted by Gasteiger charge is -2.02. The van der Waals surface area contributed by atoms with E-state index in [0.29, 0.717) is 5.82 Å². The molecule has 0 saturated carbocycles. The lowest BCUT2D eigenvalue weighted by Crippen LogP contribution is -2.24. The van der Waals surface area contributed by atoms with E-state index in [1.807, 2.05) is 0 Å². The maximum absolute atomic E-state index is 11.5. The fourth-order valence-electron chi connectivity index (χ4n) is 1.09. The van der Waals surface area contributed by atoms with Gasteiger partial charge in [-0.1, -0.05) is 0 Å². The molecule has 0 atom stereocenters. The first kappa shape index (κ1) is 10.2. The van der Waals surface area contributed by atoms with Crippen molar-refractivity contribution in [3.63, 3.8) is 0 Å². The van der Waals surface area contributed by atoms with Crippen LogP contribution in [0.2, 0.25) is 0 Å². The van der Waals surface area contributed by atoms with Crippen molar-refractivity contribution in [2.24, 2.45) is 0 Å². The van der Waals surface area contributed by atoms with Crippen molar-refractivity contribution < 1.29 is 4.79 Å². The molecule has 0 aromatic carbocycles. The molecule has 2 aromatic rings. The summed E-state index contributed by atoms with van der Waals surface area (Å²) in [4.78, 5) is 19.5. The summed E-state index contributed by atoms with van der Waals surface area (Å²) in [5, 5.41) is 9.96. The molecule has 2 heterocycles. The number of hydrogen-bond acceptors (Lipinski definition) is 5. The number of carbonyl (C=O) groups excluding carboxylic acids is 1. The summed E-state index contributed by atoms with van der Waals surface area (Å²) in [6, 6.07) is 4.96. The predicted molar refractivity (Wildman–Crippen MR) is 55.2 cm³/mol. The van der Waals surface area contributed by atoms with Gasteiger partial charge < -0.3 is 5.32 Å². The van der Waals surface area contributed by atoms with Gasteiger partial charge in [-0.25, -0.2) is 9.97 Å². The first-order chi connectivity index (χ1) is 7.86. The van der Waals surface area contributed by atoms with Crippen molar-refractivity contribution in [1.82, 2.24) is 25.5 Å². The van der Waals surface area contributed by atoms with Gasteiger partial charge in [-0.3, -0.25) is 4.79 Å². The minimum atomic E-state index is -0.291. The highest BCUT2D eigenvalue weighted by atomic mass is 16.1. The molecule has 0 radical (unpaired) electrons. The van der Waals surface area contributed by atoms with Gasteiger partial charge in [0.25, 0.3) is 5.91 Å². The zero-order valence-electron chi connectivity index (χ0n) is 8.37. The Morgan fingerprint density at radius 1 is 1.19 bits per heavy atom. The van der Waals surface area contributed by atoms with Crippen LogP contribution < -0.4 is 5.32 Å². The molecule has 0 fully saturated rings. The smallest absolute Gasteiger partial charge is 0.272 e. The fourth-order valence-corrected chi connectivity index (χ4v) is 1.09. The summed E-state index contributed by atoms with van der Waals surface area (Å²) < 4.78 is 0. The lowest BCUT2D eigenvalue weighted by atomic mass is 10.3. The Morgan fingerprint density at radius 3 is 2.69 bits per heavy atom. The quantitative estimate of drug-likeness (QED) is 0.790. The summed E-state index contributed by atoms with van der Waals surface area (Å²) in [7, 11) is 0. The van der Waals surface area contributed by atoms with Gasteiger partial charge in [0.15, 0.2) is 5.69 Å². The number of amides is 1. The van der Waals surface area contributed by atoms with E-state index in [2.05, 4.69) is 25.5 Å². The van der Waals surface area contributed by atoms with Crippen LogP contribution in [0, 0.1) is 0 Å². The second-order valence-corrected chi connectivity index (χ2v) is 2.96. The highest BCUT2D eigenvalue weighted by Gasteiger charge is 2.06. The molecule has 80 valence electrons. The normalized spacial score (nSPS) is 9.75. The van der Waals surface area contributed by atoms with E-state index in [9.17, 15) is 4.79 Å². The monoisotopic (exact) mass is 215 g/mol. The maximum atomic E-state index is 11.5. The Bertz CT molecular complexity index is 459. The van der Waals surface area contributed by atoms with Crippen molar-refractivity contribution in [3.05, 3.63) is 48.3 Å². The Balaban J connectivity index is 1.95. The standard InChI is InChI=1S/C10H9N5O/c16-10(8-3-1-6-14-15-8)13-7-9-11-4-2-5-12-9/h1-6H,7H2,(H,13,16). The average molecular weight is 215 g/mol. The van der Waals surface area contributed by atoms with Gasteiger partial charge in [-0.05, 0) is 18.2 Å². The Kier molecular flexibility index (Phi) is 3.12. The van der Waals surface area contributed by atoms with Gasteiger partial charge in [-0.2, -0.15) is 5.10 Å². The van der Waals surface area contributed by atoms with Crippen molar-refractivity contribution in [3.8, 4) is 0 Å². The van der Waals surface area contributed by atoms with Gasteiger partial charge in [0.05, 0.1) is 6.54 Å². The number of nitrogens with zero attached hydrogens (tertiary/aromatic N) is 4. The molecular formula is C10H9N5O. The maximum Gasteiger partial charge on any atom is 0.272 e. The van der Waals surface area contributed by atoms with Crippen LogP contribution in [0.1, 0.15) is 16.3 Å². The van der Waals surface area contributed by atoms with Crippen LogP contribution in [0.15, 0.2) is 36.8 Å². The number of nitrogens with one attached hydrogen (secondary N) is 1. The average Bonchev–Trinajstić information content (AvgIpc) is 2.38. The summed E-state index contributed by atoms with van der Waals surface area (Å²) >= 11 is 0. The second kappa shape index (κ2) is 4.92. The van der Waals surface area contributed by atoms with Crippen molar-refractivity contribution in [2.45, 2.75) is 6.54 Å². The molecule has 0 bridgehead atoms. The van der Waals surface area contributed by atoms with Gasteiger partial charge in [0, 0.05) is 18.6 Å². The van der Waals surface area contributed by atoms with Crippen LogP contribution in [0.3, 0.4) is 0 Å². The van der Waals surface area contributed by atoms with Crippen LogP contribution in [0.4, 0.5) is 0 Å². The van der Waals surface area contributed by atoms with Crippen molar-refractivity contribution in [2.75, 3.05) is 0 Å². The molecular weight excluding hydrogens is 206 g/mol. The third-order valence-corrected chi connectivity index (χ3v) is 1.83. The minimum absolute atomic E-state index is 0.274. The molecule has 16 heavy (non-hydrogen) atoms. The van der Waals surface area contributed by atoms with Gasteiger partial charge in [-0.15, -0.1) is 5.10 Å². The predicted octanol–water partition coefficient (Wildman–Crippen LogP) is 0.197. The number of rotatable bonds is 3. The summed E-state index contributed by atoms with van der Waals surface area (Å²) in [6.07, 6.45) is 4.75. The van der Waals surface area contributed by atoms with Crippen LogP contribution in [-0.4, -0.2) is 26.1 Å². The molecule has 0 aliphatic carbocycles. The van der Waals surface area contributed by atoms with E-state index in [0.717, 1.165) is 0 Å². The van der Waals surface area contributed by atoms with Crippen LogP contribution in [0.25, 0.3) is 0 Å². The fraction of sp³-hybridized carbons (Fsp3) is 0.100. The molecule has 6 nitrogen and oxygen atoms in total. The number of hydrogen-bond donors (Lipinski definition) is 1. The molecule has 1 amide bonds. The van der Waals surface area contributed by atoms with Crippen molar-refractivity contribution >= 4 is 5.91 Å². The lowest BCUT2D eigenvalue weighted by molar-refractivity contribution is 0.0944. The van der Waals surface area contributed by atoms with Gasteiger partial charge in [0.1, 0.15) is 5.82 Å². The molecule has 0 aliphatic rings. The molecule has 0 aliphatic heterocycles. The minimum Gasteiger partial charge on any atom is -0.343 e. The van der Waals surface area contributed by atoms with E-state index in [1.54, 1.807) is 30.6 Å². The highest BCUT2D eigenvalue weighted by Crippen LogP contribution is 1.92. The van der Waals surface area contributed by atoms with Crippen LogP contribution in [0.5, 0.6) is 0 Å². The third kappa shape index (κ3) is 2.57. The largest absolute Gasteiger partial charge is 0.343 e. The van der Waals surface area contributed by atoms with Crippen molar-refractivity contribution in [1.29, 1.82) is 0 Å². The van der Waals surface area contributed by atoms with E-state index in [1.165, 1.54) is 6.20 Å². The van der Waals surface area contributed by atoms with Crippen LogP contribution in [-0.2, 0) is 6.54 Å². The summed E-state index contributed by atoms with van der Waals surface area (Å²) in [5.74, 6) is 0.264. The van der Waals surface area contributed by atoms with Crippen LogP contribution >= 0.6 is 0 Å². The third-order valence-electron chi connectivity index (χ3n) is 1.83. The van der Waals surface area contributed by atoms with E-state index in [4.69, 9.17) is 0 Å². The van der Waals surface area contributed by atoms with E-state index >= 15 is 0 Å². The Labute approximate surface area is 91.8 Å². The van der Waals surface area contributed by atoms with Gasteiger partial charge in [0.2, 0.25) is 0 Å². The van der Waals surface area contributed by atoms with E-state index in [-0.39, 0.29) is 18.1 Å². The van der Waals surface area contributed by atoms with E-state index < -0.39 is 0 Å². The molecule has 2 rings (SSSR count). The zero-order valence-corrected chi connectivity index (χ0v) is 8.37. The zero-order chi connectivity index (χ0) is 11.2. The second-order valence-electron chi connectivity index (χ2n) is 2.96. The molecule has 6 heteroatoms. The Morgan fingerprint density at radius 2 is 2.00 bits per heavy atom. The molecule has 1 N–H and O–H groups in total. The molecule has 0 unspecified atom stereocenters. The first-order valence-corrected chi connectivity index (χ1v) is 4.68. The summed E-state index contributed by atoms with van der Waals surface area (Å²) in [6.45, 7) is 0.274. The molecule has 0 spiro atoms. The summed E-state index contributed by atoms with van der Waals surface area (Å²) in [5.41, 5.74) is 0.276. The first-order valence-electron chi connectivity index (χ1n) is 4.68. The van der Waals surface area contributed by atoms with Gasteiger partial charge >= 0.3 is 0 Å². The topological polar surface area (TPSA) is 80.7 Å². The SMILES string of the molecule is O=C(NCc1ncccn1)c1cccnn1. The number of carbonyl (C=O) groups is 1.